The molecule has 5 heteroatoms. The van der Waals surface area contributed by atoms with Crippen molar-refractivity contribution in [2.24, 2.45) is 0 Å². The summed E-state index contributed by atoms with van der Waals surface area (Å²) in [6.45, 7) is 6.08. The highest BCUT2D eigenvalue weighted by molar-refractivity contribution is 5.60. The predicted molar refractivity (Wildman–Crippen MR) is 83.6 cm³/mol. The molecule has 0 bridgehead atoms. The summed E-state index contributed by atoms with van der Waals surface area (Å²) in [6, 6.07) is 7.07. The Labute approximate surface area is 124 Å². The molecule has 0 unspecified atom stereocenters. The molecule has 5 nitrogen and oxygen atoms in total. The van der Waals surface area contributed by atoms with E-state index in [1.807, 2.05) is 18.3 Å². The van der Waals surface area contributed by atoms with Crippen molar-refractivity contribution in [1.29, 1.82) is 0 Å². The average Bonchev–Trinajstić information content (AvgIpc) is 2.55. The van der Waals surface area contributed by atoms with Crippen LogP contribution in [0, 0.1) is 0 Å². The van der Waals surface area contributed by atoms with Crippen LogP contribution in [0.4, 0.5) is 5.69 Å². The van der Waals surface area contributed by atoms with E-state index >= 15 is 0 Å². The molecule has 1 fully saturated rings. The summed E-state index contributed by atoms with van der Waals surface area (Å²) in [5.41, 5.74) is 3.03. The molecular formula is C16H20N4O. The smallest absolute Gasteiger partial charge is 0.159 e. The highest BCUT2D eigenvalue weighted by Gasteiger charge is 2.16. The summed E-state index contributed by atoms with van der Waals surface area (Å²) >= 11 is 0. The van der Waals surface area contributed by atoms with Crippen molar-refractivity contribution in [3.63, 3.8) is 0 Å². The Balaban J connectivity index is 1.94. The first-order chi connectivity index (χ1) is 10.3. The third-order valence-electron chi connectivity index (χ3n) is 3.74. The minimum absolute atomic E-state index is 0.236. The number of piperazine rings is 1. The number of phenols is 1. The van der Waals surface area contributed by atoms with Gasteiger partial charge in [0.25, 0.3) is 0 Å². The van der Waals surface area contributed by atoms with Crippen LogP contribution in [0.5, 0.6) is 5.75 Å². The SMILES string of the molecule is CCc1nc(-c2cccc(O)c2)ncc1N1CCNCC1. The molecular weight excluding hydrogens is 264 g/mol. The molecule has 0 aliphatic carbocycles. The zero-order valence-corrected chi connectivity index (χ0v) is 12.2. The maximum Gasteiger partial charge on any atom is 0.159 e. The van der Waals surface area contributed by atoms with Gasteiger partial charge in [0, 0.05) is 31.7 Å². The van der Waals surface area contributed by atoms with Gasteiger partial charge >= 0.3 is 0 Å². The van der Waals surface area contributed by atoms with Crippen LogP contribution in [0.15, 0.2) is 30.5 Å². The molecule has 3 rings (SSSR count). The molecule has 2 N–H and O–H groups in total. The Bertz CT molecular complexity index is 623. The lowest BCUT2D eigenvalue weighted by Gasteiger charge is -2.30. The fourth-order valence-corrected chi connectivity index (χ4v) is 2.62. The molecule has 110 valence electrons. The molecule has 1 saturated heterocycles. The van der Waals surface area contributed by atoms with Crippen LogP contribution in [0.3, 0.4) is 0 Å². The van der Waals surface area contributed by atoms with Gasteiger partial charge in [-0.05, 0) is 18.6 Å². The van der Waals surface area contributed by atoms with Crippen LogP contribution >= 0.6 is 0 Å². The summed E-state index contributed by atoms with van der Waals surface area (Å²) in [6.07, 6.45) is 2.78. The molecule has 0 spiro atoms. The third-order valence-corrected chi connectivity index (χ3v) is 3.74. The number of nitrogens with one attached hydrogen (secondary N) is 1. The second-order valence-corrected chi connectivity index (χ2v) is 5.17. The minimum atomic E-state index is 0.236. The van der Waals surface area contributed by atoms with Gasteiger partial charge in [0.15, 0.2) is 5.82 Å². The van der Waals surface area contributed by atoms with Crippen molar-refractivity contribution in [1.82, 2.24) is 15.3 Å². The maximum atomic E-state index is 9.59. The minimum Gasteiger partial charge on any atom is -0.508 e. The largest absolute Gasteiger partial charge is 0.508 e. The fraction of sp³-hybridized carbons (Fsp3) is 0.375. The molecule has 1 aliphatic heterocycles. The van der Waals surface area contributed by atoms with Gasteiger partial charge < -0.3 is 15.3 Å². The number of hydrogen-bond acceptors (Lipinski definition) is 5. The van der Waals surface area contributed by atoms with Crippen molar-refractivity contribution < 1.29 is 5.11 Å². The molecule has 0 amide bonds. The van der Waals surface area contributed by atoms with Crippen molar-refractivity contribution in [2.45, 2.75) is 13.3 Å². The van der Waals surface area contributed by atoms with Crippen LogP contribution < -0.4 is 10.2 Å². The van der Waals surface area contributed by atoms with Crippen molar-refractivity contribution in [3.8, 4) is 17.1 Å². The molecule has 1 aliphatic rings. The molecule has 1 aromatic heterocycles. The summed E-state index contributed by atoms with van der Waals surface area (Å²) in [5.74, 6) is 0.905. The maximum absolute atomic E-state index is 9.59. The van der Waals surface area contributed by atoms with E-state index in [0.717, 1.165) is 49.5 Å². The number of anilines is 1. The van der Waals surface area contributed by atoms with Gasteiger partial charge in [-0.25, -0.2) is 9.97 Å². The Morgan fingerprint density at radius 1 is 1.29 bits per heavy atom. The second-order valence-electron chi connectivity index (χ2n) is 5.17. The van der Waals surface area contributed by atoms with Gasteiger partial charge in [-0.3, -0.25) is 0 Å². The van der Waals surface area contributed by atoms with E-state index in [4.69, 9.17) is 4.98 Å². The third kappa shape index (κ3) is 2.97. The van der Waals surface area contributed by atoms with Crippen LogP contribution in [-0.4, -0.2) is 41.3 Å². The first-order valence-corrected chi connectivity index (χ1v) is 7.39. The van der Waals surface area contributed by atoms with E-state index < -0.39 is 0 Å². The normalized spacial score (nSPS) is 15.2. The summed E-state index contributed by atoms with van der Waals surface area (Å²) in [4.78, 5) is 11.5. The molecule has 0 atom stereocenters. The van der Waals surface area contributed by atoms with E-state index in [0.29, 0.717) is 5.82 Å². The van der Waals surface area contributed by atoms with E-state index in [-0.39, 0.29) is 5.75 Å². The summed E-state index contributed by atoms with van der Waals surface area (Å²) in [7, 11) is 0. The second kappa shape index (κ2) is 6.10. The van der Waals surface area contributed by atoms with Gasteiger partial charge in [-0.1, -0.05) is 19.1 Å². The zero-order chi connectivity index (χ0) is 14.7. The predicted octanol–water partition coefficient (Wildman–Crippen LogP) is 1.82. The van der Waals surface area contributed by atoms with Crippen molar-refractivity contribution >= 4 is 5.69 Å². The van der Waals surface area contributed by atoms with Crippen LogP contribution in [-0.2, 0) is 6.42 Å². The van der Waals surface area contributed by atoms with Gasteiger partial charge in [0.1, 0.15) is 5.75 Å². The van der Waals surface area contributed by atoms with Crippen LogP contribution in [0.2, 0.25) is 0 Å². The molecule has 0 saturated carbocycles. The van der Waals surface area contributed by atoms with E-state index in [2.05, 4.69) is 22.1 Å². The Morgan fingerprint density at radius 3 is 2.81 bits per heavy atom. The zero-order valence-electron chi connectivity index (χ0n) is 12.2. The molecule has 1 aromatic carbocycles. The molecule has 2 heterocycles. The standard InChI is InChI=1S/C16H20N4O/c1-2-14-15(20-8-6-17-7-9-20)11-18-16(19-14)12-4-3-5-13(21)10-12/h3-5,10-11,17,21H,2,6-9H2,1H3. The monoisotopic (exact) mass is 284 g/mol. The number of aromatic hydroxyl groups is 1. The van der Waals surface area contributed by atoms with Crippen molar-refractivity contribution in [2.75, 3.05) is 31.1 Å². The summed E-state index contributed by atoms with van der Waals surface area (Å²) in [5, 5.41) is 12.9. The number of nitrogens with zero attached hydrogens (tertiary/aromatic N) is 3. The van der Waals surface area contributed by atoms with Gasteiger partial charge in [-0.2, -0.15) is 0 Å². The summed E-state index contributed by atoms with van der Waals surface area (Å²) < 4.78 is 0. The van der Waals surface area contributed by atoms with Crippen LogP contribution in [0.1, 0.15) is 12.6 Å². The number of rotatable bonds is 3. The average molecular weight is 284 g/mol. The Kier molecular flexibility index (Phi) is 4.01. The van der Waals surface area contributed by atoms with E-state index in [9.17, 15) is 5.11 Å². The molecule has 21 heavy (non-hydrogen) atoms. The molecule has 2 aromatic rings. The highest BCUT2D eigenvalue weighted by Crippen LogP contribution is 2.24. The highest BCUT2D eigenvalue weighted by atomic mass is 16.3. The topological polar surface area (TPSA) is 61.3 Å². The number of aromatic nitrogens is 2. The number of phenolic OH excluding ortho intramolecular Hbond substituents is 1. The lowest BCUT2D eigenvalue weighted by Crippen LogP contribution is -2.44. The van der Waals surface area contributed by atoms with Gasteiger partial charge in [-0.15, -0.1) is 0 Å². The lowest BCUT2D eigenvalue weighted by atomic mass is 10.1. The first-order valence-electron chi connectivity index (χ1n) is 7.39. The van der Waals surface area contributed by atoms with Gasteiger partial charge in [0.05, 0.1) is 17.6 Å². The lowest BCUT2D eigenvalue weighted by molar-refractivity contribution is 0.475. The number of benzene rings is 1. The first kappa shape index (κ1) is 13.8. The van der Waals surface area contributed by atoms with Gasteiger partial charge in [0.2, 0.25) is 0 Å². The molecule has 0 radical (unpaired) electrons. The quantitative estimate of drug-likeness (QED) is 0.900. The van der Waals surface area contributed by atoms with E-state index in [1.165, 1.54) is 0 Å². The van der Waals surface area contributed by atoms with E-state index in [1.54, 1.807) is 12.1 Å². The number of aryl methyl sites for hydroxylation is 1. The Morgan fingerprint density at radius 2 is 2.10 bits per heavy atom. The Hall–Kier alpha value is -2.14. The van der Waals surface area contributed by atoms with Crippen LogP contribution in [0.25, 0.3) is 11.4 Å². The number of hydrogen-bond donors (Lipinski definition) is 2. The fourth-order valence-electron chi connectivity index (χ4n) is 2.62. The van der Waals surface area contributed by atoms with Crippen molar-refractivity contribution in [3.05, 3.63) is 36.2 Å².